The summed E-state index contributed by atoms with van der Waals surface area (Å²) < 4.78 is 0. The van der Waals surface area contributed by atoms with Gasteiger partial charge in [0.05, 0.1) is 11.9 Å². The van der Waals surface area contributed by atoms with Crippen LogP contribution < -0.4 is 16.6 Å². The van der Waals surface area contributed by atoms with Gasteiger partial charge in [-0.15, -0.1) is 0 Å². The van der Waals surface area contributed by atoms with E-state index in [0.29, 0.717) is 12.4 Å². The number of hydrogen-bond donors (Lipinski definition) is 3. The van der Waals surface area contributed by atoms with Gasteiger partial charge in [-0.05, 0) is 12.8 Å². The second-order valence-corrected chi connectivity index (χ2v) is 4.09. The van der Waals surface area contributed by atoms with Gasteiger partial charge in [0, 0.05) is 6.54 Å². The Hall–Kier alpha value is -1.07. The van der Waals surface area contributed by atoms with Crippen molar-refractivity contribution in [3.63, 3.8) is 0 Å². The van der Waals surface area contributed by atoms with Gasteiger partial charge >= 0.3 is 0 Å². The number of nitrogens with zero attached hydrogens (tertiary/aromatic N) is 1. The highest BCUT2D eigenvalue weighted by molar-refractivity contribution is 6.32. The van der Waals surface area contributed by atoms with Gasteiger partial charge in [-0.2, -0.15) is 0 Å². The van der Waals surface area contributed by atoms with Gasteiger partial charge in [0.15, 0.2) is 5.82 Å². The Morgan fingerprint density at radius 2 is 2.19 bits per heavy atom. The molecule has 6 heteroatoms. The monoisotopic (exact) mass is 244 g/mol. The van der Waals surface area contributed by atoms with Crippen LogP contribution in [0.25, 0.3) is 0 Å². The normalized spacial score (nSPS) is 11.5. The summed E-state index contributed by atoms with van der Waals surface area (Å²) in [5.74, 6) is 0.388. The number of halogens is 1. The molecule has 0 atom stereocenters. The lowest BCUT2D eigenvalue weighted by atomic mass is 9.93. The molecule has 1 aromatic heterocycles. The lowest BCUT2D eigenvalue weighted by molar-refractivity contribution is 0.443. The van der Waals surface area contributed by atoms with E-state index in [1.807, 2.05) is 13.8 Å². The Balaban J connectivity index is 3.03. The molecule has 5 nitrogen and oxygen atoms in total. The summed E-state index contributed by atoms with van der Waals surface area (Å²) in [5.41, 5.74) is 5.14. The fourth-order valence-corrected chi connectivity index (χ4v) is 1.64. The molecule has 0 unspecified atom stereocenters. The van der Waals surface area contributed by atoms with Crippen molar-refractivity contribution in [2.24, 2.45) is 5.73 Å². The van der Waals surface area contributed by atoms with Gasteiger partial charge in [-0.25, -0.2) is 4.98 Å². The second-order valence-electron chi connectivity index (χ2n) is 3.71. The first-order valence-corrected chi connectivity index (χ1v) is 5.67. The van der Waals surface area contributed by atoms with Crippen LogP contribution in [0.3, 0.4) is 0 Å². The third-order valence-electron chi connectivity index (χ3n) is 2.92. The van der Waals surface area contributed by atoms with Crippen LogP contribution >= 0.6 is 11.6 Å². The average Bonchev–Trinajstić information content (AvgIpc) is 2.32. The minimum absolute atomic E-state index is 0.0715. The first-order chi connectivity index (χ1) is 7.58. The molecule has 0 saturated carbocycles. The fourth-order valence-electron chi connectivity index (χ4n) is 1.49. The zero-order valence-electron chi connectivity index (χ0n) is 9.51. The molecule has 0 aromatic carbocycles. The summed E-state index contributed by atoms with van der Waals surface area (Å²) in [5, 5.41) is 3.23. The summed E-state index contributed by atoms with van der Waals surface area (Å²) in [6.07, 6.45) is 3.00. The van der Waals surface area contributed by atoms with Gasteiger partial charge < -0.3 is 16.0 Å². The smallest absolute Gasteiger partial charge is 0.271 e. The van der Waals surface area contributed by atoms with Crippen molar-refractivity contribution in [3.8, 4) is 0 Å². The lowest BCUT2D eigenvalue weighted by Gasteiger charge is -2.32. The zero-order valence-corrected chi connectivity index (χ0v) is 10.3. The SMILES string of the molecule is CCC(CC)(CN)Nc1nc[nH]c(=O)c1Cl. The van der Waals surface area contributed by atoms with Crippen LogP contribution in [0, 0.1) is 0 Å². The van der Waals surface area contributed by atoms with Crippen LogP contribution in [-0.2, 0) is 0 Å². The Morgan fingerprint density at radius 1 is 1.56 bits per heavy atom. The Labute approximate surface area is 99.4 Å². The quantitative estimate of drug-likeness (QED) is 0.730. The lowest BCUT2D eigenvalue weighted by Crippen LogP contribution is -2.45. The first-order valence-electron chi connectivity index (χ1n) is 5.30. The average molecular weight is 245 g/mol. The number of aromatic nitrogens is 2. The molecule has 0 bridgehead atoms. The predicted molar refractivity (Wildman–Crippen MR) is 65.9 cm³/mol. The molecule has 1 heterocycles. The number of anilines is 1. The molecular formula is C10H17ClN4O. The van der Waals surface area contributed by atoms with Gasteiger partial charge in [0.2, 0.25) is 0 Å². The molecule has 0 amide bonds. The first kappa shape index (κ1) is 13.0. The molecule has 1 rings (SSSR count). The highest BCUT2D eigenvalue weighted by Gasteiger charge is 2.25. The molecule has 90 valence electrons. The van der Waals surface area contributed by atoms with Crippen LogP contribution in [0.15, 0.2) is 11.1 Å². The zero-order chi connectivity index (χ0) is 12.2. The maximum atomic E-state index is 11.3. The molecule has 0 spiro atoms. The molecular weight excluding hydrogens is 228 g/mol. The number of nitrogens with two attached hydrogens (primary N) is 1. The number of nitrogens with one attached hydrogen (secondary N) is 2. The van der Waals surface area contributed by atoms with E-state index in [-0.39, 0.29) is 16.1 Å². The van der Waals surface area contributed by atoms with Gasteiger partial charge in [-0.3, -0.25) is 4.79 Å². The van der Waals surface area contributed by atoms with E-state index in [4.69, 9.17) is 17.3 Å². The van der Waals surface area contributed by atoms with E-state index >= 15 is 0 Å². The summed E-state index contributed by atoms with van der Waals surface area (Å²) >= 11 is 5.86. The van der Waals surface area contributed by atoms with Crippen molar-refractivity contribution in [1.82, 2.24) is 9.97 Å². The molecule has 0 aliphatic heterocycles. The second kappa shape index (κ2) is 5.32. The number of H-pyrrole nitrogens is 1. The Kier molecular flexibility index (Phi) is 4.32. The minimum atomic E-state index is -0.350. The maximum absolute atomic E-state index is 11.3. The van der Waals surface area contributed by atoms with Crippen molar-refractivity contribution in [2.45, 2.75) is 32.2 Å². The maximum Gasteiger partial charge on any atom is 0.271 e. The summed E-state index contributed by atoms with van der Waals surface area (Å²) in [6.45, 7) is 4.53. The Bertz CT molecular complexity index is 392. The van der Waals surface area contributed by atoms with E-state index in [9.17, 15) is 4.79 Å². The molecule has 16 heavy (non-hydrogen) atoms. The highest BCUT2D eigenvalue weighted by Crippen LogP contribution is 2.22. The van der Waals surface area contributed by atoms with E-state index in [1.165, 1.54) is 6.33 Å². The third kappa shape index (κ3) is 2.54. The van der Waals surface area contributed by atoms with Crippen molar-refractivity contribution in [2.75, 3.05) is 11.9 Å². The van der Waals surface area contributed by atoms with Crippen LogP contribution in [0.2, 0.25) is 5.02 Å². The number of aromatic amines is 1. The van der Waals surface area contributed by atoms with Crippen LogP contribution in [-0.4, -0.2) is 22.1 Å². The largest absolute Gasteiger partial charge is 0.362 e. The van der Waals surface area contributed by atoms with E-state index in [0.717, 1.165) is 12.8 Å². The number of rotatable bonds is 5. The van der Waals surface area contributed by atoms with Crippen molar-refractivity contribution >= 4 is 17.4 Å². The molecule has 0 saturated heterocycles. The Morgan fingerprint density at radius 3 is 2.69 bits per heavy atom. The molecule has 4 N–H and O–H groups in total. The van der Waals surface area contributed by atoms with Gasteiger partial charge in [-0.1, -0.05) is 25.4 Å². The third-order valence-corrected chi connectivity index (χ3v) is 3.28. The molecule has 0 aliphatic carbocycles. The number of hydrogen-bond acceptors (Lipinski definition) is 4. The molecule has 0 radical (unpaired) electrons. The summed E-state index contributed by atoms with van der Waals surface area (Å²) in [6, 6.07) is 0. The summed E-state index contributed by atoms with van der Waals surface area (Å²) in [4.78, 5) is 17.7. The fraction of sp³-hybridized carbons (Fsp3) is 0.600. The molecule has 0 fully saturated rings. The van der Waals surface area contributed by atoms with Crippen LogP contribution in [0.1, 0.15) is 26.7 Å². The molecule has 0 aliphatic rings. The van der Waals surface area contributed by atoms with Crippen LogP contribution in [0.4, 0.5) is 5.82 Å². The predicted octanol–water partition coefficient (Wildman–Crippen LogP) is 1.35. The van der Waals surface area contributed by atoms with E-state index in [1.54, 1.807) is 0 Å². The van der Waals surface area contributed by atoms with Crippen LogP contribution in [0.5, 0.6) is 0 Å². The van der Waals surface area contributed by atoms with E-state index in [2.05, 4.69) is 15.3 Å². The summed E-state index contributed by atoms with van der Waals surface area (Å²) in [7, 11) is 0. The van der Waals surface area contributed by atoms with Crippen molar-refractivity contribution < 1.29 is 0 Å². The van der Waals surface area contributed by atoms with Gasteiger partial charge in [0.25, 0.3) is 5.56 Å². The van der Waals surface area contributed by atoms with Crippen molar-refractivity contribution in [3.05, 3.63) is 21.7 Å². The standard InChI is InChI=1S/C10H17ClN4O/c1-3-10(4-2,5-12)15-8-7(11)9(16)14-6-13-8/h6H,3-5,12H2,1-2H3,(H2,13,14,15,16). The topological polar surface area (TPSA) is 83.8 Å². The minimum Gasteiger partial charge on any atom is -0.362 e. The molecule has 1 aromatic rings. The van der Waals surface area contributed by atoms with Crippen molar-refractivity contribution in [1.29, 1.82) is 0 Å². The van der Waals surface area contributed by atoms with E-state index < -0.39 is 0 Å². The van der Waals surface area contributed by atoms with Gasteiger partial charge in [0.1, 0.15) is 5.02 Å². The highest BCUT2D eigenvalue weighted by atomic mass is 35.5.